The van der Waals surface area contributed by atoms with Crippen molar-refractivity contribution < 1.29 is 14.2 Å². The van der Waals surface area contributed by atoms with E-state index in [1.807, 2.05) is 41.5 Å². The summed E-state index contributed by atoms with van der Waals surface area (Å²) in [5.41, 5.74) is 0. The maximum atomic E-state index is 5.33. The van der Waals surface area contributed by atoms with E-state index in [4.69, 9.17) is 14.2 Å². The van der Waals surface area contributed by atoms with Gasteiger partial charge in [0.1, 0.15) is 0 Å². The fourth-order valence-electron chi connectivity index (χ4n) is 2.06. The van der Waals surface area contributed by atoms with Gasteiger partial charge < -0.3 is 14.2 Å². The largest absolute Gasteiger partial charge is 0.381 e. The maximum absolute atomic E-state index is 5.33. The zero-order valence-electron chi connectivity index (χ0n) is 15.0. The molecule has 0 radical (unpaired) electrons. The van der Waals surface area contributed by atoms with Crippen LogP contribution in [0.4, 0.5) is 0 Å². The summed E-state index contributed by atoms with van der Waals surface area (Å²) >= 11 is 0. The van der Waals surface area contributed by atoms with Gasteiger partial charge in [0.25, 0.3) is 0 Å². The van der Waals surface area contributed by atoms with Crippen LogP contribution in [0.25, 0.3) is 0 Å². The fourth-order valence-corrected chi connectivity index (χ4v) is 2.06. The van der Waals surface area contributed by atoms with Crippen molar-refractivity contribution in [1.82, 2.24) is 0 Å². The highest BCUT2D eigenvalue weighted by atomic mass is 16.7. The summed E-state index contributed by atoms with van der Waals surface area (Å²) in [4.78, 5) is 0. The molecule has 0 aromatic carbocycles. The van der Waals surface area contributed by atoms with Crippen LogP contribution >= 0.6 is 0 Å². The Labute approximate surface area is 127 Å². The molecule has 0 aromatic heterocycles. The number of ether oxygens (including phenoxy) is 3. The molecular formula is C17H38O3. The Bertz CT molecular complexity index is 164. The predicted molar refractivity (Wildman–Crippen MR) is 87.1 cm³/mol. The second-order valence-electron chi connectivity index (χ2n) is 4.97. The Morgan fingerprint density at radius 1 is 0.950 bits per heavy atom. The smallest absolute Gasteiger partial charge is 0.162 e. The van der Waals surface area contributed by atoms with Crippen LogP contribution in [0.1, 0.15) is 74.1 Å². The summed E-state index contributed by atoms with van der Waals surface area (Å²) < 4.78 is 15.6. The zero-order valence-corrected chi connectivity index (χ0v) is 15.0. The van der Waals surface area contributed by atoms with Crippen LogP contribution < -0.4 is 0 Å². The average Bonchev–Trinajstić information content (AvgIpc) is 2.90. The third-order valence-corrected chi connectivity index (χ3v) is 2.93. The van der Waals surface area contributed by atoms with E-state index in [0.29, 0.717) is 0 Å². The van der Waals surface area contributed by atoms with Gasteiger partial charge in [-0.2, -0.15) is 0 Å². The standard InChI is InChI=1S/C8H16O.C5H10O2.2C2H6/c1-2-4-8-5-3-6-9-7-8;1-5(2)6-3-4-7-5;2*1-2/h8H,2-7H2,1H3;3-4H2,1-2H3;2*1-2H3. The highest BCUT2D eigenvalue weighted by Gasteiger charge is 2.23. The van der Waals surface area contributed by atoms with Crippen molar-refractivity contribution in [1.29, 1.82) is 0 Å². The van der Waals surface area contributed by atoms with Crippen molar-refractivity contribution in [3.8, 4) is 0 Å². The van der Waals surface area contributed by atoms with Crippen molar-refractivity contribution in [3.63, 3.8) is 0 Å². The highest BCUT2D eigenvalue weighted by molar-refractivity contribution is 4.61. The van der Waals surface area contributed by atoms with E-state index in [1.165, 1.54) is 25.7 Å². The first-order chi connectivity index (χ1) is 9.64. The van der Waals surface area contributed by atoms with Gasteiger partial charge in [-0.05, 0) is 39.0 Å². The van der Waals surface area contributed by atoms with Gasteiger partial charge in [-0.3, -0.25) is 0 Å². The van der Waals surface area contributed by atoms with Crippen LogP contribution in [0, 0.1) is 5.92 Å². The lowest BCUT2D eigenvalue weighted by Gasteiger charge is -2.20. The van der Waals surface area contributed by atoms with E-state index in [2.05, 4.69) is 6.92 Å². The molecule has 1 unspecified atom stereocenters. The first-order valence-corrected chi connectivity index (χ1v) is 8.49. The topological polar surface area (TPSA) is 27.7 Å². The molecule has 2 aliphatic heterocycles. The van der Waals surface area contributed by atoms with E-state index >= 15 is 0 Å². The Kier molecular flexibility index (Phi) is 16.9. The molecule has 0 bridgehead atoms. The lowest BCUT2D eigenvalue weighted by molar-refractivity contribution is -0.125. The summed E-state index contributed by atoms with van der Waals surface area (Å²) in [5.74, 6) is 0.573. The number of hydrogen-bond donors (Lipinski definition) is 0. The molecule has 2 fully saturated rings. The summed E-state index contributed by atoms with van der Waals surface area (Å²) in [6, 6.07) is 0. The van der Waals surface area contributed by atoms with Crippen LogP contribution in [0.5, 0.6) is 0 Å². The molecule has 20 heavy (non-hydrogen) atoms. The maximum Gasteiger partial charge on any atom is 0.162 e. The molecule has 3 heteroatoms. The molecule has 2 aliphatic rings. The number of rotatable bonds is 2. The summed E-state index contributed by atoms with van der Waals surface area (Å²) in [6.45, 7) is 17.6. The fraction of sp³-hybridized carbons (Fsp3) is 1.00. The molecule has 0 saturated carbocycles. The van der Waals surface area contributed by atoms with Crippen molar-refractivity contribution in [3.05, 3.63) is 0 Å². The molecule has 2 saturated heterocycles. The lowest BCUT2D eigenvalue weighted by Crippen LogP contribution is -2.18. The quantitative estimate of drug-likeness (QED) is 0.713. The van der Waals surface area contributed by atoms with Gasteiger partial charge in [-0.15, -0.1) is 0 Å². The van der Waals surface area contributed by atoms with Gasteiger partial charge in [-0.1, -0.05) is 41.0 Å². The second-order valence-corrected chi connectivity index (χ2v) is 4.97. The third kappa shape index (κ3) is 12.9. The third-order valence-electron chi connectivity index (χ3n) is 2.93. The molecule has 0 spiro atoms. The molecule has 2 heterocycles. The Balaban J connectivity index is 0. The SMILES string of the molecule is CC.CC.CC1(C)OCCO1.CCCC1CCCOC1. The molecule has 2 rings (SSSR count). The van der Waals surface area contributed by atoms with Gasteiger partial charge >= 0.3 is 0 Å². The van der Waals surface area contributed by atoms with Gasteiger partial charge in [-0.25, -0.2) is 0 Å². The van der Waals surface area contributed by atoms with E-state index in [1.54, 1.807) is 0 Å². The molecule has 0 aromatic rings. The first-order valence-electron chi connectivity index (χ1n) is 8.49. The van der Waals surface area contributed by atoms with Crippen molar-refractivity contribution in [2.75, 3.05) is 26.4 Å². The Morgan fingerprint density at radius 2 is 1.50 bits per heavy atom. The minimum atomic E-state index is -0.306. The van der Waals surface area contributed by atoms with Gasteiger partial charge in [0.05, 0.1) is 13.2 Å². The van der Waals surface area contributed by atoms with E-state index in [9.17, 15) is 0 Å². The molecule has 124 valence electrons. The number of hydrogen-bond acceptors (Lipinski definition) is 3. The minimum Gasteiger partial charge on any atom is -0.381 e. The van der Waals surface area contributed by atoms with Crippen LogP contribution in [0.2, 0.25) is 0 Å². The second kappa shape index (κ2) is 15.3. The molecule has 0 amide bonds. The van der Waals surface area contributed by atoms with Crippen molar-refractivity contribution >= 4 is 0 Å². The van der Waals surface area contributed by atoms with E-state index in [0.717, 1.165) is 32.3 Å². The van der Waals surface area contributed by atoms with Crippen LogP contribution in [0.15, 0.2) is 0 Å². The van der Waals surface area contributed by atoms with Crippen LogP contribution in [-0.2, 0) is 14.2 Å². The molecule has 0 aliphatic carbocycles. The Hall–Kier alpha value is -0.120. The zero-order chi connectivity index (χ0) is 15.9. The van der Waals surface area contributed by atoms with E-state index in [-0.39, 0.29) is 5.79 Å². The van der Waals surface area contributed by atoms with Gasteiger partial charge in [0.15, 0.2) is 5.79 Å². The first kappa shape index (κ1) is 22.2. The van der Waals surface area contributed by atoms with Crippen LogP contribution in [-0.4, -0.2) is 32.2 Å². The Morgan fingerprint density at radius 3 is 1.80 bits per heavy atom. The summed E-state index contributed by atoms with van der Waals surface area (Å²) in [7, 11) is 0. The highest BCUT2D eigenvalue weighted by Crippen LogP contribution is 2.18. The van der Waals surface area contributed by atoms with Crippen molar-refractivity contribution in [2.24, 2.45) is 5.92 Å². The average molecular weight is 290 g/mol. The summed E-state index contributed by atoms with van der Waals surface area (Å²) in [6.07, 6.45) is 5.35. The molecule has 0 N–H and O–H groups in total. The minimum absolute atomic E-state index is 0.306. The monoisotopic (exact) mass is 290 g/mol. The molecular weight excluding hydrogens is 252 g/mol. The van der Waals surface area contributed by atoms with Gasteiger partial charge in [0.2, 0.25) is 0 Å². The van der Waals surface area contributed by atoms with Crippen LogP contribution in [0.3, 0.4) is 0 Å². The normalized spacial score (nSPS) is 23.2. The summed E-state index contributed by atoms with van der Waals surface area (Å²) in [5, 5.41) is 0. The lowest BCUT2D eigenvalue weighted by atomic mass is 9.98. The van der Waals surface area contributed by atoms with Gasteiger partial charge in [0, 0.05) is 13.2 Å². The predicted octanol–water partition coefficient (Wildman–Crippen LogP) is 5.03. The van der Waals surface area contributed by atoms with E-state index < -0.39 is 0 Å². The molecule has 1 atom stereocenters. The van der Waals surface area contributed by atoms with Crippen molar-refractivity contribution in [2.45, 2.75) is 79.9 Å². The molecule has 3 nitrogen and oxygen atoms in total.